The first kappa shape index (κ1) is 13.8. The zero-order valence-electron chi connectivity index (χ0n) is 11.5. The lowest BCUT2D eigenvalue weighted by Gasteiger charge is -2.27. The van der Waals surface area contributed by atoms with Crippen LogP contribution in [0.3, 0.4) is 0 Å². The maximum atomic E-state index is 12.1. The van der Waals surface area contributed by atoms with Gasteiger partial charge in [-0.05, 0) is 23.8 Å². The SMILES string of the molecule is CS(=O)(=O)c1ccccc1C1(c2ccccn2)C=NNC1. The minimum atomic E-state index is -3.33. The smallest absolute Gasteiger partial charge is 0.175 e. The van der Waals surface area contributed by atoms with Crippen LogP contribution in [0.2, 0.25) is 0 Å². The summed E-state index contributed by atoms with van der Waals surface area (Å²) in [6, 6.07) is 12.6. The van der Waals surface area contributed by atoms with Gasteiger partial charge >= 0.3 is 0 Å². The van der Waals surface area contributed by atoms with Crippen molar-refractivity contribution < 1.29 is 8.42 Å². The fourth-order valence-corrected chi connectivity index (χ4v) is 3.59. The summed E-state index contributed by atoms with van der Waals surface area (Å²) in [5.74, 6) is 0. The van der Waals surface area contributed by atoms with E-state index in [1.807, 2.05) is 30.3 Å². The molecular weight excluding hydrogens is 286 g/mol. The molecule has 1 aliphatic heterocycles. The lowest BCUT2D eigenvalue weighted by Crippen LogP contribution is -2.36. The molecule has 5 nitrogen and oxygen atoms in total. The number of hydrogen-bond acceptors (Lipinski definition) is 5. The van der Waals surface area contributed by atoms with E-state index in [1.165, 1.54) is 6.26 Å². The average molecular weight is 301 g/mol. The number of rotatable bonds is 3. The van der Waals surface area contributed by atoms with Crippen molar-refractivity contribution in [3.63, 3.8) is 0 Å². The Labute approximate surface area is 123 Å². The molecule has 108 valence electrons. The molecule has 0 saturated heterocycles. The molecule has 1 aromatic heterocycles. The second kappa shape index (κ2) is 4.96. The fraction of sp³-hybridized carbons (Fsp3) is 0.200. The highest BCUT2D eigenvalue weighted by Gasteiger charge is 2.40. The number of pyridine rings is 1. The third-order valence-corrected chi connectivity index (χ3v) is 4.78. The summed E-state index contributed by atoms with van der Waals surface area (Å²) in [5, 5.41) is 4.10. The average Bonchev–Trinajstić information content (AvgIpc) is 2.98. The van der Waals surface area contributed by atoms with Gasteiger partial charge in [-0.25, -0.2) is 8.42 Å². The largest absolute Gasteiger partial charge is 0.309 e. The van der Waals surface area contributed by atoms with Crippen molar-refractivity contribution in [1.29, 1.82) is 0 Å². The third kappa shape index (κ3) is 2.31. The van der Waals surface area contributed by atoms with Gasteiger partial charge in [0, 0.05) is 18.7 Å². The van der Waals surface area contributed by atoms with Crippen LogP contribution in [-0.4, -0.2) is 32.4 Å². The van der Waals surface area contributed by atoms with E-state index >= 15 is 0 Å². The van der Waals surface area contributed by atoms with Gasteiger partial charge < -0.3 is 5.43 Å². The zero-order valence-corrected chi connectivity index (χ0v) is 12.3. The number of hydrazone groups is 1. The van der Waals surface area contributed by atoms with Crippen molar-refractivity contribution in [2.45, 2.75) is 10.3 Å². The molecule has 1 atom stereocenters. The molecule has 0 amide bonds. The highest BCUT2D eigenvalue weighted by atomic mass is 32.2. The summed E-state index contributed by atoms with van der Waals surface area (Å²) < 4.78 is 24.2. The molecule has 2 heterocycles. The van der Waals surface area contributed by atoms with Crippen molar-refractivity contribution in [2.75, 3.05) is 12.8 Å². The fourth-order valence-electron chi connectivity index (χ4n) is 2.62. The van der Waals surface area contributed by atoms with Crippen LogP contribution in [0, 0.1) is 0 Å². The minimum absolute atomic E-state index is 0.311. The van der Waals surface area contributed by atoms with Crippen LogP contribution in [0.1, 0.15) is 11.3 Å². The van der Waals surface area contributed by atoms with Crippen molar-refractivity contribution in [2.24, 2.45) is 5.10 Å². The van der Waals surface area contributed by atoms with E-state index in [2.05, 4.69) is 15.5 Å². The lowest BCUT2D eigenvalue weighted by atomic mass is 9.78. The quantitative estimate of drug-likeness (QED) is 0.929. The van der Waals surface area contributed by atoms with Gasteiger partial charge in [-0.1, -0.05) is 24.3 Å². The van der Waals surface area contributed by atoms with E-state index in [1.54, 1.807) is 24.5 Å². The molecule has 1 N–H and O–H groups in total. The molecule has 3 rings (SSSR count). The van der Waals surface area contributed by atoms with Gasteiger partial charge in [-0.3, -0.25) is 4.98 Å². The number of nitrogens with one attached hydrogen (secondary N) is 1. The standard InChI is InChI=1S/C15H15N3O2S/c1-21(19,20)13-7-3-2-6-12(13)15(10-17-18-11-15)14-8-4-5-9-16-14/h2-10,18H,11H2,1H3. The Morgan fingerprint density at radius 1 is 1.14 bits per heavy atom. The molecule has 21 heavy (non-hydrogen) atoms. The van der Waals surface area contributed by atoms with Crippen molar-refractivity contribution in [3.05, 3.63) is 59.9 Å². The Bertz CT molecular complexity index is 788. The Hall–Kier alpha value is -2.21. The predicted octanol–water partition coefficient (Wildman–Crippen LogP) is 1.36. The second-order valence-corrected chi connectivity index (χ2v) is 7.03. The van der Waals surface area contributed by atoms with Crippen LogP contribution in [0.4, 0.5) is 0 Å². The number of aromatic nitrogens is 1. The first-order valence-corrected chi connectivity index (χ1v) is 8.41. The van der Waals surface area contributed by atoms with E-state index in [0.29, 0.717) is 17.0 Å². The summed E-state index contributed by atoms with van der Waals surface area (Å²) in [4.78, 5) is 4.72. The van der Waals surface area contributed by atoms with E-state index in [0.717, 1.165) is 5.69 Å². The maximum Gasteiger partial charge on any atom is 0.175 e. The monoisotopic (exact) mass is 301 g/mol. The van der Waals surface area contributed by atoms with Crippen LogP contribution in [0.25, 0.3) is 0 Å². The highest BCUT2D eigenvalue weighted by Crippen LogP contribution is 2.35. The molecule has 1 aromatic carbocycles. The van der Waals surface area contributed by atoms with E-state index in [4.69, 9.17) is 0 Å². The number of nitrogens with zero attached hydrogens (tertiary/aromatic N) is 2. The molecule has 0 saturated carbocycles. The highest BCUT2D eigenvalue weighted by molar-refractivity contribution is 7.90. The van der Waals surface area contributed by atoms with Crippen molar-refractivity contribution in [3.8, 4) is 0 Å². The molecule has 1 aliphatic rings. The van der Waals surface area contributed by atoms with Gasteiger partial charge in [0.05, 0.1) is 22.5 Å². The summed E-state index contributed by atoms with van der Waals surface area (Å²) >= 11 is 0. The molecule has 2 aromatic rings. The predicted molar refractivity (Wildman–Crippen MR) is 81.1 cm³/mol. The molecular formula is C15H15N3O2S. The molecule has 0 aliphatic carbocycles. The van der Waals surface area contributed by atoms with Gasteiger partial charge in [0.25, 0.3) is 0 Å². The van der Waals surface area contributed by atoms with Crippen molar-refractivity contribution >= 4 is 16.1 Å². The number of hydrogen-bond donors (Lipinski definition) is 1. The molecule has 0 radical (unpaired) electrons. The van der Waals surface area contributed by atoms with Crippen LogP contribution >= 0.6 is 0 Å². The Morgan fingerprint density at radius 2 is 1.90 bits per heavy atom. The van der Waals surface area contributed by atoms with Gasteiger partial charge in [0.2, 0.25) is 0 Å². The van der Waals surface area contributed by atoms with Crippen LogP contribution in [-0.2, 0) is 15.3 Å². The van der Waals surface area contributed by atoms with E-state index in [9.17, 15) is 8.42 Å². The Morgan fingerprint density at radius 3 is 2.52 bits per heavy atom. The number of benzene rings is 1. The molecule has 0 spiro atoms. The van der Waals surface area contributed by atoms with Crippen LogP contribution in [0.5, 0.6) is 0 Å². The zero-order chi connectivity index (χ0) is 14.9. The molecule has 1 unspecified atom stereocenters. The van der Waals surface area contributed by atoms with Gasteiger partial charge in [-0.2, -0.15) is 5.10 Å². The normalized spacial score (nSPS) is 21.2. The number of sulfone groups is 1. The van der Waals surface area contributed by atoms with Gasteiger partial charge in [0.1, 0.15) is 0 Å². The topological polar surface area (TPSA) is 71.4 Å². The molecule has 0 bridgehead atoms. The van der Waals surface area contributed by atoms with Gasteiger partial charge in [-0.15, -0.1) is 0 Å². The summed E-state index contributed by atoms with van der Waals surface area (Å²) in [5.41, 5.74) is 3.73. The first-order chi connectivity index (χ1) is 10.0. The van der Waals surface area contributed by atoms with Gasteiger partial charge in [0.15, 0.2) is 9.84 Å². The summed E-state index contributed by atoms with van der Waals surface area (Å²) in [7, 11) is -3.33. The first-order valence-electron chi connectivity index (χ1n) is 6.52. The van der Waals surface area contributed by atoms with Crippen LogP contribution in [0.15, 0.2) is 58.7 Å². The molecule has 6 heteroatoms. The summed E-state index contributed by atoms with van der Waals surface area (Å²) in [6.45, 7) is 0.483. The Balaban J connectivity index is 2.28. The van der Waals surface area contributed by atoms with Crippen LogP contribution < -0.4 is 5.43 Å². The summed E-state index contributed by atoms with van der Waals surface area (Å²) in [6.07, 6.45) is 4.66. The third-order valence-electron chi connectivity index (χ3n) is 3.62. The lowest BCUT2D eigenvalue weighted by molar-refractivity contribution is 0.592. The molecule has 0 fully saturated rings. The van der Waals surface area contributed by atoms with E-state index < -0.39 is 15.3 Å². The maximum absolute atomic E-state index is 12.1. The van der Waals surface area contributed by atoms with Crippen molar-refractivity contribution in [1.82, 2.24) is 10.4 Å². The van der Waals surface area contributed by atoms with E-state index in [-0.39, 0.29) is 0 Å². The Kier molecular flexibility index (Phi) is 3.25. The second-order valence-electron chi connectivity index (χ2n) is 5.05. The minimum Gasteiger partial charge on any atom is -0.309 e.